The van der Waals surface area contributed by atoms with E-state index in [4.69, 9.17) is 5.11 Å². The number of anilines is 1. The minimum atomic E-state index is -0.171. The molecule has 0 aliphatic carbocycles. The first-order chi connectivity index (χ1) is 9.04. The lowest BCUT2D eigenvalue weighted by Crippen LogP contribution is -2.37. The number of benzene rings is 1. The number of likely N-dealkylation sites (N-methyl/N-ethyl adjacent to an activating group) is 1. The third kappa shape index (κ3) is 3.70. The van der Waals surface area contributed by atoms with Gasteiger partial charge in [-0.25, -0.2) is 0 Å². The van der Waals surface area contributed by atoms with Crippen molar-refractivity contribution < 1.29 is 9.90 Å². The molecule has 19 heavy (non-hydrogen) atoms. The predicted octanol–water partition coefficient (Wildman–Crippen LogP) is 1.99. The normalized spacial score (nSPS) is 12.1. The van der Waals surface area contributed by atoms with Gasteiger partial charge >= 0.3 is 0 Å². The zero-order valence-electron chi connectivity index (χ0n) is 12.3. The Morgan fingerprint density at radius 1 is 1.21 bits per heavy atom. The molecule has 0 bridgehead atoms. The molecule has 0 fully saturated rings. The Hall–Kier alpha value is -1.55. The molecule has 1 amide bonds. The molecule has 1 N–H and O–H groups in total. The molecule has 1 atom stereocenters. The molecule has 0 aliphatic rings. The molecule has 1 aromatic rings. The highest BCUT2D eigenvalue weighted by atomic mass is 16.3. The van der Waals surface area contributed by atoms with Crippen LogP contribution >= 0.6 is 0 Å². The van der Waals surface area contributed by atoms with E-state index in [1.165, 1.54) is 0 Å². The van der Waals surface area contributed by atoms with Crippen molar-refractivity contribution in [3.05, 3.63) is 29.8 Å². The Labute approximate surface area is 115 Å². The number of hydrogen-bond donors (Lipinski definition) is 1. The van der Waals surface area contributed by atoms with Gasteiger partial charge in [-0.05, 0) is 45.0 Å². The molecular weight excluding hydrogens is 240 g/mol. The number of aliphatic hydroxyl groups excluding tert-OH is 1. The van der Waals surface area contributed by atoms with Crippen LogP contribution in [-0.2, 0) is 0 Å². The summed E-state index contributed by atoms with van der Waals surface area (Å²) in [5, 5.41) is 9.08. The van der Waals surface area contributed by atoms with Gasteiger partial charge in [0.25, 0.3) is 5.91 Å². The van der Waals surface area contributed by atoms with Crippen molar-refractivity contribution in [3.8, 4) is 0 Å². The smallest absolute Gasteiger partial charge is 0.253 e. The van der Waals surface area contributed by atoms with Crippen LogP contribution in [0, 0.1) is 0 Å². The molecule has 0 saturated carbocycles. The summed E-state index contributed by atoms with van der Waals surface area (Å²) in [7, 11) is 1.71. The summed E-state index contributed by atoms with van der Waals surface area (Å²) < 4.78 is 0. The fourth-order valence-electron chi connectivity index (χ4n) is 1.93. The average molecular weight is 264 g/mol. The van der Waals surface area contributed by atoms with Gasteiger partial charge in [-0.1, -0.05) is 0 Å². The summed E-state index contributed by atoms with van der Waals surface area (Å²) in [6.45, 7) is 7.91. The molecule has 1 unspecified atom stereocenters. The van der Waals surface area contributed by atoms with E-state index in [1.807, 2.05) is 31.2 Å². The number of carbonyl (C=O) groups excluding carboxylic acids is 1. The summed E-state index contributed by atoms with van der Waals surface area (Å²) in [4.78, 5) is 16.0. The van der Waals surface area contributed by atoms with Crippen LogP contribution < -0.4 is 4.90 Å². The SMILES string of the molecule is CCN(CC)c1ccc(C(=O)N(C)C(C)CO)cc1. The van der Waals surface area contributed by atoms with Gasteiger partial charge in [0.15, 0.2) is 0 Å². The van der Waals surface area contributed by atoms with Gasteiger partial charge < -0.3 is 14.9 Å². The lowest BCUT2D eigenvalue weighted by atomic mass is 10.1. The molecule has 4 heteroatoms. The molecule has 0 saturated heterocycles. The van der Waals surface area contributed by atoms with Gasteiger partial charge in [0, 0.05) is 31.4 Å². The van der Waals surface area contributed by atoms with Crippen LogP contribution in [0.15, 0.2) is 24.3 Å². The molecule has 106 valence electrons. The molecule has 0 spiro atoms. The van der Waals surface area contributed by atoms with E-state index in [2.05, 4.69) is 18.7 Å². The second-order valence-corrected chi connectivity index (χ2v) is 4.67. The van der Waals surface area contributed by atoms with E-state index in [1.54, 1.807) is 11.9 Å². The minimum absolute atomic E-state index is 0.0280. The third-order valence-corrected chi connectivity index (χ3v) is 3.49. The molecule has 4 nitrogen and oxygen atoms in total. The maximum absolute atomic E-state index is 12.2. The predicted molar refractivity (Wildman–Crippen MR) is 78.6 cm³/mol. The number of carbonyl (C=O) groups is 1. The summed E-state index contributed by atoms with van der Waals surface area (Å²) in [5.41, 5.74) is 1.78. The summed E-state index contributed by atoms with van der Waals surface area (Å²) >= 11 is 0. The van der Waals surface area contributed by atoms with Gasteiger partial charge in [0.2, 0.25) is 0 Å². The van der Waals surface area contributed by atoms with Crippen molar-refractivity contribution in [2.75, 3.05) is 31.6 Å². The van der Waals surface area contributed by atoms with Crippen LogP contribution in [0.3, 0.4) is 0 Å². The van der Waals surface area contributed by atoms with Crippen molar-refractivity contribution in [2.45, 2.75) is 26.8 Å². The standard InChI is InChI=1S/C15H24N2O2/c1-5-17(6-2)14-9-7-13(8-10-14)15(19)16(4)12(3)11-18/h7-10,12,18H,5-6,11H2,1-4H3. The van der Waals surface area contributed by atoms with Crippen LogP contribution in [0.4, 0.5) is 5.69 Å². The van der Waals surface area contributed by atoms with Crippen LogP contribution in [-0.4, -0.2) is 48.7 Å². The molecule has 1 rings (SSSR count). The molecular formula is C15H24N2O2. The molecule has 0 aliphatic heterocycles. The lowest BCUT2D eigenvalue weighted by Gasteiger charge is -2.24. The summed E-state index contributed by atoms with van der Waals surface area (Å²) in [6, 6.07) is 7.46. The van der Waals surface area contributed by atoms with E-state index >= 15 is 0 Å². The Kier molecular flexibility index (Phi) is 5.83. The fourth-order valence-corrected chi connectivity index (χ4v) is 1.93. The first-order valence-electron chi connectivity index (χ1n) is 6.78. The van der Waals surface area contributed by atoms with Crippen LogP contribution in [0.5, 0.6) is 0 Å². The van der Waals surface area contributed by atoms with E-state index in [-0.39, 0.29) is 18.6 Å². The van der Waals surface area contributed by atoms with Gasteiger partial charge in [0.05, 0.1) is 12.6 Å². The number of nitrogens with zero attached hydrogens (tertiary/aromatic N) is 2. The Balaban J connectivity index is 2.84. The maximum atomic E-state index is 12.2. The monoisotopic (exact) mass is 264 g/mol. The highest BCUT2D eigenvalue weighted by molar-refractivity contribution is 5.94. The Bertz CT molecular complexity index is 399. The largest absolute Gasteiger partial charge is 0.394 e. The fraction of sp³-hybridized carbons (Fsp3) is 0.533. The van der Waals surface area contributed by atoms with Crippen molar-refractivity contribution in [1.29, 1.82) is 0 Å². The molecule has 1 aromatic carbocycles. The highest BCUT2D eigenvalue weighted by Crippen LogP contribution is 2.16. The van der Waals surface area contributed by atoms with E-state index in [0.29, 0.717) is 5.56 Å². The van der Waals surface area contributed by atoms with E-state index in [9.17, 15) is 4.79 Å². The average Bonchev–Trinajstić information content (AvgIpc) is 2.47. The summed E-state index contributed by atoms with van der Waals surface area (Å²) in [5.74, 6) is -0.0624. The minimum Gasteiger partial charge on any atom is -0.394 e. The van der Waals surface area contributed by atoms with Crippen LogP contribution in [0.2, 0.25) is 0 Å². The Morgan fingerprint density at radius 3 is 2.16 bits per heavy atom. The zero-order valence-corrected chi connectivity index (χ0v) is 12.3. The van der Waals surface area contributed by atoms with Gasteiger partial charge in [-0.3, -0.25) is 4.79 Å². The van der Waals surface area contributed by atoms with Crippen molar-refractivity contribution in [3.63, 3.8) is 0 Å². The van der Waals surface area contributed by atoms with E-state index < -0.39 is 0 Å². The zero-order chi connectivity index (χ0) is 14.4. The van der Waals surface area contributed by atoms with Crippen LogP contribution in [0.25, 0.3) is 0 Å². The first-order valence-corrected chi connectivity index (χ1v) is 6.78. The van der Waals surface area contributed by atoms with Gasteiger partial charge in [-0.2, -0.15) is 0 Å². The first kappa shape index (κ1) is 15.5. The van der Waals surface area contributed by atoms with E-state index in [0.717, 1.165) is 18.8 Å². The second kappa shape index (κ2) is 7.14. The Morgan fingerprint density at radius 2 is 1.74 bits per heavy atom. The topological polar surface area (TPSA) is 43.8 Å². The molecule has 0 heterocycles. The summed E-state index contributed by atoms with van der Waals surface area (Å²) in [6.07, 6.45) is 0. The second-order valence-electron chi connectivity index (χ2n) is 4.67. The number of rotatable bonds is 6. The molecule has 0 radical (unpaired) electrons. The number of amides is 1. The third-order valence-electron chi connectivity index (χ3n) is 3.49. The van der Waals surface area contributed by atoms with Crippen molar-refractivity contribution in [2.24, 2.45) is 0 Å². The van der Waals surface area contributed by atoms with Crippen molar-refractivity contribution in [1.82, 2.24) is 4.90 Å². The highest BCUT2D eigenvalue weighted by Gasteiger charge is 2.16. The number of hydrogen-bond acceptors (Lipinski definition) is 3. The van der Waals surface area contributed by atoms with Gasteiger partial charge in [-0.15, -0.1) is 0 Å². The van der Waals surface area contributed by atoms with Crippen LogP contribution in [0.1, 0.15) is 31.1 Å². The van der Waals surface area contributed by atoms with Crippen molar-refractivity contribution >= 4 is 11.6 Å². The lowest BCUT2D eigenvalue weighted by molar-refractivity contribution is 0.0682. The van der Waals surface area contributed by atoms with Gasteiger partial charge in [0.1, 0.15) is 0 Å². The number of aliphatic hydroxyl groups is 1. The molecule has 0 aromatic heterocycles. The quantitative estimate of drug-likeness (QED) is 0.854. The maximum Gasteiger partial charge on any atom is 0.253 e.